The van der Waals surface area contributed by atoms with Gasteiger partial charge in [-0.25, -0.2) is 0 Å². The third-order valence-corrected chi connectivity index (χ3v) is 10.7. The minimum absolute atomic E-state index is 0.307. The van der Waals surface area contributed by atoms with Crippen molar-refractivity contribution in [1.82, 2.24) is 4.98 Å². The van der Waals surface area contributed by atoms with E-state index in [1.807, 2.05) is 25.1 Å². The van der Waals surface area contributed by atoms with Crippen molar-refractivity contribution in [2.45, 2.75) is 45.4 Å². The number of hydrogen-bond donors (Lipinski definition) is 0. The lowest BCUT2D eigenvalue weighted by atomic mass is 9.67. The summed E-state index contributed by atoms with van der Waals surface area (Å²) in [7, 11) is 0. The maximum Gasteiger partial charge on any atom is 0.0574 e. The van der Waals surface area contributed by atoms with Crippen LogP contribution in [0.5, 0.6) is 0 Å². The van der Waals surface area contributed by atoms with Gasteiger partial charge in [-0.2, -0.15) is 0 Å². The zero-order valence-corrected chi connectivity index (χ0v) is 30.4. The van der Waals surface area contributed by atoms with E-state index in [9.17, 15) is 0 Å². The number of terminal acetylenes is 1. The second kappa shape index (κ2) is 12.8. The lowest BCUT2D eigenvalue weighted by Gasteiger charge is -2.49. The van der Waals surface area contributed by atoms with E-state index in [0.717, 1.165) is 34.1 Å². The van der Waals surface area contributed by atoms with E-state index in [-0.39, 0.29) is 10.8 Å². The predicted octanol–water partition coefficient (Wildman–Crippen LogP) is 12.5. The quantitative estimate of drug-likeness (QED) is 0.124. The van der Waals surface area contributed by atoms with Crippen LogP contribution in [-0.2, 0) is 10.8 Å². The largest absolute Gasteiger partial charge is 0.310 e. The molecule has 0 radical (unpaired) electrons. The Morgan fingerprint density at radius 2 is 1.10 bits per heavy atom. The lowest BCUT2D eigenvalue weighted by molar-refractivity contribution is 0.592. The van der Waals surface area contributed by atoms with Crippen molar-refractivity contribution in [2.75, 3.05) is 14.7 Å². The number of benzene rings is 5. The Kier molecular flexibility index (Phi) is 8.08. The van der Waals surface area contributed by atoms with Crippen LogP contribution in [0.1, 0.15) is 56.9 Å². The normalized spacial score (nSPS) is 14.9. The van der Waals surface area contributed by atoms with E-state index in [1.165, 1.54) is 39.3 Å². The van der Waals surface area contributed by atoms with Gasteiger partial charge in [0.2, 0.25) is 0 Å². The van der Waals surface area contributed by atoms with Crippen LogP contribution in [0.3, 0.4) is 0 Å². The maximum absolute atomic E-state index is 5.88. The van der Waals surface area contributed by atoms with Gasteiger partial charge in [0.05, 0.1) is 22.8 Å². The van der Waals surface area contributed by atoms with Gasteiger partial charge in [-0.05, 0) is 96.9 Å². The molecule has 0 saturated carbocycles. The fourth-order valence-corrected chi connectivity index (χ4v) is 8.06. The maximum atomic E-state index is 5.88. The number of aromatic nitrogens is 1. The molecule has 0 bridgehead atoms. The van der Waals surface area contributed by atoms with Gasteiger partial charge in [0.1, 0.15) is 0 Å². The molecule has 2 aliphatic rings. The molecule has 52 heavy (non-hydrogen) atoms. The fourth-order valence-electron chi connectivity index (χ4n) is 8.06. The van der Waals surface area contributed by atoms with Crippen molar-refractivity contribution >= 4 is 45.5 Å². The van der Waals surface area contributed by atoms with Gasteiger partial charge in [0.25, 0.3) is 0 Å². The van der Waals surface area contributed by atoms with E-state index in [0.29, 0.717) is 0 Å². The van der Waals surface area contributed by atoms with Crippen LogP contribution < -0.4 is 14.7 Å². The van der Waals surface area contributed by atoms with E-state index >= 15 is 0 Å². The average Bonchev–Trinajstić information content (AvgIpc) is 3.17. The molecule has 0 aliphatic carbocycles. The smallest absolute Gasteiger partial charge is 0.0574 e. The molecular weight excluding hydrogens is 633 g/mol. The summed E-state index contributed by atoms with van der Waals surface area (Å²) in [6.45, 7) is 11.3. The van der Waals surface area contributed by atoms with Crippen LogP contribution in [0.15, 0.2) is 164 Å². The van der Waals surface area contributed by atoms with Gasteiger partial charge in [0.15, 0.2) is 0 Å². The van der Waals surface area contributed by atoms with Crippen molar-refractivity contribution < 1.29 is 0 Å². The molecular formula is C48H42N4. The first-order chi connectivity index (χ1) is 25.3. The molecule has 1 aromatic heterocycles. The van der Waals surface area contributed by atoms with Gasteiger partial charge in [-0.3, -0.25) is 4.98 Å². The fraction of sp³-hybridized carbons (Fsp3) is 0.146. The SMILES string of the molecule is C#CC=C(C=CC)N(c1ccccc1)c1ccc2c(c1)C(C)(C)c1cncc3c1N2c1ccc(N(c2ccccc2)c2ccccc2)cc1C3(C)C. The summed E-state index contributed by atoms with van der Waals surface area (Å²) < 4.78 is 0. The molecule has 3 heterocycles. The minimum atomic E-state index is -0.329. The zero-order valence-electron chi connectivity index (χ0n) is 30.4. The molecule has 0 saturated heterocycles. The number of pyridine rings is 1. The summed E-state index contributed by atoms with van der Waals surface area (Å²) in [4.78, 5) is 12.0. The van der Waals surface area contributed by atoms with Crippen molar-refractivity contribution in [3.63, 3.8) is 0 Å². The standard InChI is InChI=1S/C48H42N4/c1-7-18-34(19-8-2)50(35-20-12-9-13-21-35)38-26-28-44-40(30-38)47(3,4)42-32-49-33-43-46(42)52(44)45-29-27-39(31-41(45)48(43,5)6)51(36-22-14-10-15-23-36)37-24-16-11-17-25-37/h1,8-33H,2-6H3. The second-order valence-corrected chi connectivity index (χ2v) is 14.5. The number of para-hydroxylation sites is 3. The topological polar surface area (TPSA) is 22.6 Å². The highest BCUT2D eigenvalue weighted by Crippen LogP contribution is 2.60. The summed E-state index contributed by atoms with van der Waals surface area (Å²) >= 11 is 0. The predicted molar refractivity (Wildman–Crippen MR) is 218 cm³/mol. The van der Waals surface area contributed by atoms with Gasteiger partial charge in [-0.1, -0.05) is 94.3 Å². The molecule has 4 nitrogen and oxygen atoms in total. The van der Waals surface area contributed by atoms with E-state index in [1.54, 1.807) is 0 Å². The van der Waals surface area contributed by atoms with Crippen LogP contribution in [0.2, 0.25) is 0 Å². The summed E-state index contributed by atoms with van der Waals surface area (Å²) in [5.41, 5.74) is 14.2. The molecule has 254 valence electrons. The summed E-state index contributed by atoms with van der Waals surface area (Å²) in [6.07, 6.45) is 16.0. The molecule has 0 unspecified atom stereocenters. The Morgan fingerprint density at radius 3 is 1.60 bits per heavy atom. The van der Waals surface area contributed by atoms with Gasteiger partial charge in [0, 0.05) is 68.9 Å². The number of allylic oxidation sites excluding steroid dienone is 3. The Hall–Kier alpha value is -6.31. The number of nitrogens with zero attached hydrogens (tertiary/aromatic N) is 4. The first-order valence-electron chi connectivity index (χ1n) is 17.9. The lowest BCUT2D eigenvalue weighted by Crippen LogP contribution is -2.38. The molecule has 0 fully saturated rings. The van der Waals surface area contributed by atoms with Crippen molar-refractivity contribution in [2.24, 2.45) is 0 Å². The van der Waals surface area contributed by atoms with Gasteiger partial charge in [-0.15, -0.1) is 6.42 Å². The number of rotatable bonds is 7. The monoisotopic (exact) mass is 674 g/mol. The number of anilines is 8. The summed E-state index contributed by atoms with van der Waals surface area (Å²) in [5.74, 6) is 2.77. The highest BCUT2D eigenvalue weighted by molar-refractivity contribution is 5.94. The molecule has 0 atom stereocenters. The van der Waals surface area contributed by atoms with Crippen LogP contribution in [0, 0.1) is 12.3 Å². The Labute approximate surface area is 308 Å². The Bertz CT molecular complexity index is 2340. The van der Waals surface area contributed by atoms with E-state index < -0.39 is 0 Å². The number of fused-ring (bicyclic) bond motifs is 4. The minimum Gasteiger partial charge on any atom is -0.310 e. The molecule has 6 aromatic rings. The van der Waals surface area contributed by atoms with Crippen LogP contribution in [-0.4, -0.2) is 4.98 Å². The first-order valence-corrected chi connectivity index (χ1v) is 17.9. The Balaban J connectivity index is 1.34. The van der Waals surface area contributed by atoms with Crippen molar-refractivity contribution in [3.05, 3.63) is 186 Å². The highest BCUT2D eigenvalue weighted by Gasteiger charge is 2.46. The zero-order chi connectivity index (χ0) is 36.0. The molecule has 2 aliphatic heterocycles. The molecule has 5 aromatic carbocycles. The average molecular weight is 675 g/mol. The molecule has 8 rings (SSSR count). The van der Waals surface area contributed by atoms with Gasteiger partial charge < -0.3 is 14.7 Å². The van der Waals surface area contributed by atoms with Crippen LogP contribution in [0.4, 0.5) is 45.5 Å². The number of hydrogen-bond acceptors (Lipinski definition) is 4. The third kappa shape index (κ3) is 5.20. The van der Waals surface area contributed by atoms with E-state index in [2.05, 4.69) is 188 Å². The third-order valence-electron chi connectivity index (χ3n) is 10.7. The van der Waals surface area contributed by atoms with E-state index in [4.69, 9.17) is 11.4 Å². The molecule has 0 N–H and O–H groups in total. The Morgan fingerprint density at radius 1 is 0.615 bits per heavy atom. The molecule has 0 spiro atoms. The van der Waals surface area contributed by atoms with Gasteiger partial charge >= 0.3 is 0 Å². The first kappa shape index (κ1) is 32.9. The van der Waals surface area contributed by atoms with Crippen molar-refractivity contribution in [1.29, 1.82) is 0 Å². The summed E-state index contributed by atoms with van der Waals surface area (Å²) in [6, 6.07) is 45.4. The highest BCUT2D eigenvalue weighted by atomic mass is 15.2. The molecule has 0 amide bonds. The summed E-state index contributed by atoms with van der Waals surface area (Å²) in [5, 5.41) is 0. The molecule has 4 heteroatoms. The second-order valence-electron chi connectivity index (χ2n) is 14.5. The van der Waals surface area contributed by atoms with Crippen molar-refractivity contribution in [3.8, 4) is 12.3 Å². The van der Waals surface area contributed by atoms with Crippen LogP contribution >= 0.6 is 0 Å². The van der Waals surface area contributed by atoms with Crippen LogP contribution in [0.25, 0.3) is 0 Å².